The second kappa shape index (κ2) is 12.0. The SMILES string of the molecule is CC(C)(C)COP(=O)(O)OP(=O)(O)OC(C)(C)C.CC(C)(C)OP(=O)(O)OP(=O)(O)C(C)(C)C. The predicted octanol–water partition coefficient (Wildman–Crippen LogP) is 5.98. The molecule has 0 bridgehead atoms. The van der Waals surface area contributed by atoms with Gasteiger partial charge in [-0.2, -0.15) is 4.31 Å². The lowest BCUT2D eigenvalue weighted by Gasteiger charge is -2.29. The van der Waals surface area contributed by atoms with Crippen LogP contribution >= 0.6 is 31.1 Å². The van der Waals surface area contributed by atoms with Gasteiger partial charge >= 0.3 is 31.1 Å². The minimum Gasteiger partial charge on any atom is -0.324 e. The molecule has 0 aliphatic carbocycles. The zero-order chi connectivity index (χ0) is 28.2. The van der Waals surface area contributed by atoms with Gasteiger partial charge in [-0.05, 0) is 67.7 Å². The number of hydrogen-bond donors (Lipinski definition) is 4. The largest absolute Gasteiger partial charge is 0.481 e. The molecular weight excluding hydrogens is 536 g/mol. The lowest BCUT2D eigenvalue weighted by atomic mass is 9.99. The van der Waals surface area contributed by atoms with Crippen LogP contribution in [0, 0.1) is 5.41 Å². The van der Waals surface area contributed by atoms with Crippen LogP contribution in [0.25, 0.3) is 0 Å². The van der Waals surface area contributed by atoms with Crippen molar-refractivity contribution in [3.8, 4) is 0 Å². The van der Waals surface area contributed by atoms with Gasteiger partial charge in [0.1, 0.15) is 0 Å². The van der Waals surface area contributed by atoms with E-state index in [9.17, 15) is 37.8 Å². The van der Waals surface area contributed by atoms with E-state index in [-0.39, 0.29) is 12.0 Å². The van der Waals surface area contributed by atoms with Crippen molar-refractivity contribution in [2.24, 2.45) is 5.41 Å². The molecule has 0 radical (unpaired) electrons. The Morgan fingerprint density at radius 2 is 0.882 bits per heavy atom. The van der Waals surface area contributed by atoms with Gasteiger partial charge in [0.2, 0.25) is 0 Å². The summed E-state index contributed by atoms with van der Waals surface area (Å²) >= 11 is 0. The van der Waals surface area contributed by atoms with Gasteiger partial charge in [-0.3, -0.25) is 18.1 Å². The first-order chi connectivity index (χ1) is 14.3. The minimum atomic E-state index is -4.66. The van der Waals surface area contributed by atoms with Gasteiger partial charge in [-0.25, -0.2) is 18.0 Å². The molecule has 0 rings (SSSR count). The predicted molar refractivity (Wildman–Crippen MR) is 128 cm³/mol. The molecule has 4 unspecified atom stereocenters. The summed E-state index contributed by atoms with van der Waals surface area (Å²) in [4.78, 5) is 37.5. The van der Waals surface area contributed by atoms with E-state index in [2.05, 4.69) is 17.7 Å². The maximum atomic E-state index is 11.7. The molecule has 4 N–H and O–H groups in total. The fourth-order valence-corrected chi connectivity index (χ4v) is 6.95. The molecule has 0 aliphatic heterocycles. The molecule has 0 heterocycles. The lowest BCUT2D eigenvalue weighted by molar-refractivity contribution is 0.0699. The van der Waals surface area contributed by atoms with Crippen LogP contribution in [-0.4, -0.2) is 42.5 Å². The Hall–Kier alpha value is 0.560. The highest BCUT2D eigenvalue weighted by atomic mass is 31.3. The Balaban J connectivity index is 0. The molecular formula is C17H42O13P4. The van der Waals surface area contributed by atoms with E-state index in [4.69, 9.17) is 4.52 Å². The van der Waals surface area contributed by atoms with Crippen molar-refractivity contribution in [3.63, 3.8) is 0 Å². The Bertz CT molecular complexity index is 843. The van der Waals surface area contributed by atoms with Gasteiger partial charge in [0.15, 0.2) is 0 Å². The fourth-order valence-electron chi connectivity index (χ4n) is 1.42. The maximum absolute atomic E-state index is 11.7. The highest BCUT2D eigenvalue weighted by molar-refractivity contribution is 7.65. The minimum absolute atomic E-state index is 0.101. The van der Waals surface area contributed by atoms with Crippen molar-refractivity contribution >= 4 is 31.1 Å². The molecule has 34 heavy (non-hydrogen) atoms. The van der Waals surface area contributed by atoms with Crippen LogP contribution in [0.15, 0.2) is 0 Å². The molecule has 0 fully saturated rings. The third kappa shape index (κ3) is 19.7. The van der Waals surface area contributed by atoms with Crippen molar-refractivity contribution in [1.82, 2.24) is 0 Å². The summed E-state index contributed by atoms with van der Waals surface area (Å²) in [5.41, 5.74) is -2.32. The highest BCUT2D eigenvalue weighted by Crippen LogP contribution is 2.67. The van der Waals surface area contributed by atoms with E-state index in [0.29, 0.717) is 0 Å². The van der Waals surface area contributed by atoms with Crippen LogP contribution < -0.4 is 0 Å². The average Bonchev–Trinajstić information content (AvgIpc) is 2.35. The van der Waals surface area contributed by atoms with E-state index in [1.807, 2.05) is 0 Å². The quantitative estimate of drug-likeness (QED) is 0.246. The standard InChI is InChI=1S/C9H22O7P2.C8H20O6P2/c1-8(2,3)7-14-17(10,11)16-18(12,13)15-9(4,5)6;1-7(2,3)13-16(11,12)14-15(9,10)8(4,5)6/h7H2,1-6H3,(H,10,11)(H,12,13);1-6H3,(H,9,10)(H,11,12). The van der Waals surface area contributed by atoms with Gasteiger partial charge in [0.25, 0.3) is 0 Å². The van der Waals surface area contributed by atoms with Crippen molar-refractivity contribution in [2.45, 2.75) is 99.4 Å². The van der Waals surface area contributed by atoms with E-state index in [1.165, 1.54) is 41.5 Å². The molecule has 0 saturated carbocycles. The molecule has 13 nitrogen and oxygen atoms in total. The fraction of sp³-hybridized carbons (Fsp3) is 1.00. The average molecular weight is 578 g/mol. The summed E-state index contributed by atoms with van der Waals surface area (Å²) < 4.78 is 68.6. The van der Waals surface area contributed by atoms with Crippen LogP contribution in [0.4, 0.5) is 0 Å². The van der Waals surface area contributed by atoms with Gasteiger partial charge in [0.05, 0.1) is 23.0 Å². The second-order valence-electron chi connectivity index (χ2n) is 11.5. The summed E-state index contributed by atoms with van der Waals surface area (Å²) in [6.07, 6.45) is 0. The second-order valence-corrected chi connectivity index (χ2v) is 18.6. The van der Waals surface area contributed by atoms with Gasteiger partial charge in [-0.15, -0.1) is 0 Å². The topological polar surface area (TPSA) is 195 Å². The molecule has 0 saturated heterocycles. The molecule has 0 aromatic carbocycles. The Kier molecular flexibility index (Phi) is 12.9. The summed E-state index contributed by atoms with van der Waals surface area (Å²) in [5, 5.41) is -1.15. The number of hydrogen-bond acceptors (Lipinski definition) is 9. The first kappa shape index (κ1) is 36.7. The first-order valence-corrected chi connectivity index (χ1v) is 16.1. The molecule has 17 heteroatoms. The molecule has 0 aliphatic rings. The van der Waals surface area contributed by atoms with Crippen LogP contribution in [-0.2, 0) is 40.5 Å². The summed E-state index contributed by atoms with van der Waals surface area (Å²) in [5.74, 6) is 0. The third-order valence-corrected chi connectivity index (χ3v) is 9.78. The molecule has 0 spiro atoms. The third-order valence-electron chi connectivity index (χ3n) is 2.71. The lowest BCUT2D eigenvalue weighted by Crippen LogP contribution is -2.20. The van der Waals surface area contributed by atoms with Crippen LogP contribution in [0.5, 0.6) is 0 Å². The zero-order valence-electron chi connectivity index (χ0n) is 22.0. The van der Waals surface area contributed by atoms with Crippen molar-refractivity contribution in [3.05, 3.63) is 0 Å². The summed E-state index contributed by atoms with van der Waals surface area (Å²) in [7, 11) is -18.1. The van der Waals surface area contributed by atoms with Crippen LogP contribution in [0.2, 0.25) is 0 Å². The molecule has 208 valence electrons. The smallest absolute Gasteiger partial charge is 0.324 e. The molecule has 0 amide bonds. The van der Waals surface area contributed by atoms with Crippen molar-refractivity contribution < 1.29 is 60.0 Å². The van der Waals surface area contributed by atoms with Crippen molar-refractivity contribution in [2.75, 3.05) is 6.61 Å². The maximum Gasteiger partial charge on any atom is 0.481 e. The van der Waals surface area contributed by atoms with E-state index in [0.717, 1.165) is 0 Å². The molecule has 4 atom stereocenters. The van der Waals surface area contributed by atoms with Crippen LogP contribution in [0.1, 0.15) is 83.1 Å². The molecule has 0 aromatic heterocycles. The Morgan fingerprint density at radius 1 is 0.559 bits per heavy atom. The monoisotopic (exact) mass is 578 g/mol. The number of rotatable bonds is 8. The van der Waals surface area contributed by atoms with Crippen molar-refractivity contribution in [1.29, 1.82) is 0 Å². The summed E-state index contributed by atoms with van der Waals surface area (Å²) in [6, 6.07) is 0. The number of phosphoric ester groups is 3. The first-order valence-electron chi connectivity index (χ1n) is 10.1. The zero-order valence-corrected chi connectivity index (χ0v) is 25.5. The van der Waals surface area contributed by atoms with Gasteiger partial charge in [-0.1, -0.05) is 20.8 Å². The van der Waals surface area contributed by atoms with Crippen LogP contribution in [0.3, 0.4) is 0 Å². The van der Waals surface area contributed by atoms with E-state index < -0.39 is 47.4 Å². The van der Waals surface area contributed by atoms with Gasteiger partial charge < -0.3 is 19.6 Å². The normalized spacial score (nSPS) is 20.7. The number of phosphoric acid groups is 3. The Morgan fingerprint density at radius 3 is 1.15 bits per heavy atom. The summed E-state index contributed by atoms with van der Waals surface area (Å²) in [6.45, 7) is 18.7. The van der Waals surface area contributed by atoms with E-state index in [1.54, 1.807) is 41.5 Å². The van der Waals surface area contributed by atoms with Gasteiger partial charge in [0, 0.05) is 0 Å². The highest BCUT2D eigenvalue weighted by Gasteiger charge is 2.44. The Labute approximate surface area is 202 Å². The molecule has 0 aromatic rings. The van der Waals surface area contributed by atoms with E-state index >= 15 is 0 Å².